The minimum atomic E-state index is -0.126. The van der Waals surface area contributed by atoms with E-state index in [1.54, 1.807) is 42.7 Å². The molecule has 2 N–H and O–H groups in total. The summed E-state index contributed by atoms with van der Waals surface area (Å²) < 4.78 is 0. The number of nitrogens with one attached hydrogen (secondary N) is 2. The summed E-state index contributed by atoms with van der Waals surface area (Å²) in [5, 5.41) is 13.6. The Morgan fingerprint density at radius 3 is 2.65 bits per heavy atom. The van der Waals surface area contributed by atoms with Gasteiger partial charge in [-0.2, -0.15) is 15.4 Å². The monoisotopic (exact) mass is 350 g/mol. The summed E-state index contributed by atoms with van der Waals surface area (Å²) in [4.78, 5) is 30.7. The van der Waals surface area contributed by atoms with Crippen molar-refractivity contribution in [2.45, 2.75) is 18.9 Å². The van der Waals surface area contributed by atoms with Crippen LogP contribution in [0.3, 0.4) is 0 Å². The second-order valence-electron chi connectivity index (χ2n) is 6.31. The van der Waals surface area contributed by atoms with E-state index in [9.17, 15) is 9.59 Å². The van der Waals surface area contributed by atoms with Crippen molar-refractivity contribution in [3.63, 3.8) is 0 Å². The average Bonchev–Trinajstić information content (AvgIpc) is 3.16. The van der Waals surface area contributed by atoms with Crippen LogP contribution in [0.1, 0.15) is 33.6 Å². The Morgan fingerprint density at radius 2 is 1.88 bits per heavy atom. The van der Waals surface area contributed by atoms with E-state index in [-0.39, 0.29) is 17.9 Å². The van der Waals surface area contributed by atoms with E-state index >= 15 is 0 Å². The summed E-state index contributed by atoms with van der Waals surface area (Å²) in [6.45, 7) is 1.21. The van der Waals surface area contributed by atoms with Gasteiger partial charge in [0.05, 0.1) is 5.56 Å². The zero-order valence-electron chi connectivity index (χ0n) is 14.1. The number of benzene rings is 1. The van der Waals surface area contributed by atoms with E-state index in [2.05, 4.69) is 25.7 Å². The summed E-state index contributed by atoms with van der Waals surface area (Å²) in [7, 11) is 0. The van der Waals surface area contributed by atoms with Crippen molar-refractivity contribution < 1.29 is 9.59 Å². The van der Waals surface area contributed by atoms with Crippen molar-refractivity contribution in [3.8, 4) is 0 Å². The number of fused-ring (bicyclic) bond motifs is 1. The van der Waals surface area contributed by atoms with Crippen LogP contribution in [0.2, 0.25) is 0 Å². The normalized spacial score (nSPS) is 15.2. The molecule has 8 heteroatoms. The first-order valence-corrected chi connectivity index (χ1v) is 8.51. The molecule has 26 heavy (non-hydrogen) atoms. The molecule has 2 amide bonds. The van der Waals surface area contributed by atoms with Gasteiger partial charge in [0, 0.05) is 37.1 Å². The molecule has 4 rings (SSSR count). The van der Waals surface area contributed by atoms with Crippen LogP contribution in [0.4, 0.5) is 0 Å². The highest BCUT2D eigenvalue weighted by Gasteiger charge is 2.25. The Bertz CT molecular complexity index is 931. The van der Waals surface area contributed by atoms with Crippen LogP contribution >= 0.6 is 0 Å². The molecule has 3 aromatic rings. The molecule has 1 aliphatic rings. The van der Waals surface area contributed by atoms with Gasteiger partial charge in [-0.3, -0.25) is 14.6 Å². The molecule has 0 unspecified atom stereocenters. The molecule has 0 spiro atoms. The van der Waals surface area contributed by atoms with Gasteiger partial charge in [-0.05, 0) is 43.2 Å². The topological polar surface area (TPSA) is 104 Å². The zero-order valence-corrected chi connectivity index (χ0v) is 14.1. The number of pyridine rings is 1. The summed E-state index contributed by atoms with van der Waals surface area (Å²) in [6.07, 6.45) is 4.64. The Balaban J connectivity index is 1.35. The molecule has 0 aliphatic carbocycles. The molecular weight excluding hydrogens is 332 g/mol. The molecule has 8 nitrogen and oxygen atoms in total. The molecular formula is C18H18N6O2. The van der Waals surface area contributed by atoms with E-state index in [0.29, 0.717) is 29.7 Å². The fourth-order valence-electron chi connectivity index (χ4n) is 3.15. The standard InChI is InChI=1S/C18H18N6O2/c25-17(13-2-1-7-19-11-13)20-14-5-8-24(9-6-14)18(26)12-3-4-15-16(10-12)22-23-21-15/h1-4,7,10-11,14H,5-6,8-9H2,(H,20,25)(H,21,22,23). The van der Waals surface area contributed by atoms with Crippen molar-refractivity contribution in [2.24, 2.45) is 0 Å². The van der Waals surface area contributed by atoms with Crippen molar-refractivity contribution >= 4 is 22.8 Å². The van der Waals surface area contributed by atoms with Crippen LogP contribution in [0.25, 0.3) is 11.0 Å². The van der Waals surface area contributed by atoms with Crippen LogP contribution < -0.4 is 5.32 Å². The lowest BCUT2D eigenvalue weighted by Gasteiger charge is -2.32. The smallest absolute Gasteiger partial charge is 0.253 e. The summed E-state index contributed by atoms with van der Waals surface area (Å²) in [5.74, 6) is -0.147. The molecule has 2 aromatic heterocycles. The number of aromatic nitrogens is 4. The molecule has 1 aliphatic heterocycles. The van der Waals surface area contributed by atoms with Gasteiger partial charge in [0.15, 0.2) is 0 Å². The van der Waals surface area contributed by atoms with Gasteiger partial charge >= 0.3 is 0 Å². The second kappa shape index (κ2) is 6.91. The number of hydrogen-bond donors (Lipinski definition) is 2. The quantitative estimate of drug-likeness (QED) is 0.743. The summed E-state index contributed by atoms with van der Waals surface area (Å²) >= 11 is 0. The maximum atomic E-state index is 12.7. The van der Waals surface area contributed by atoms with Crippen LogP contribution in [-0.4, -0.2) is 56.2 Å². The minimum Gasteiger partial charge on any atom is -0.349 e. The van der Waals surface area contributed by atoms with E-state index in [1.165, 1.54) is 0 Å². The Hall–Kier alpha value is -3.29. The molecule has 0 atom stereocenters. The average molecular weight is 350 g/mol. The maximum Gasteiger partial charge on any atom is 0.253 e. The zero-order chi connectivity index (χ0) is 17.9. The number of carbonyl (C=O) groups is 2. The molecule has 0 saturated carbocycles. The first-order chi connectivity index (χ1) is 12.7. The predicted octanol–water partition coefficient (Wildman–Crippen LogP) is 1.39. The van der Waals surface area contributed by atoms with Crippen molar-refractivity contribution in [2.75, 3.05) is 13.1 Å². The maximum absolute atomic E-state index is 12.7. The first-order valence-electron chi connectivity index (χ1n) is 8.51. The Morgan fingerprint density at radius 1 is 1.08 bits per heavy atom. The minimum absolute atomic E-state index is 0.0214. The Kier molecular flexibility index (Phi) is 4.30. The summed E-state index contributed by atoms with van der Waals surface area (Å²) in [6, 6.07) is 8.83. The van der Waals surface area contributed by atoms with E-state index in [4.69, 9.17) is 0 Å². The number of aromatic amines is 1. The highest BCUT2D eigenvalue weighted by atomic mass is 16.2. The van der Waals surface area contributed by atoms with Crippen molar-refractivity contribution in [1.29, 1.82) is 0 Å². The van der Waals surface area contributed by atoms with Gasteiger partial charge in [-0.1, -0.05) is 0 Å². The van der Waals surface area contributed by atoms with Crippen LogP contribution in [0.15, 0.2) is 42.7 Å². The third kappa shape index (κ3) is 3.26. The number of H-pyrrole nitrogens is 1. The fourth-order valence-corrected chi connectivity index (χ4v) is 3.15. The SMILES string of the molecule is O=C(NC1CCN(C(=O)c2ccc3n[nH]nc3c2)CC1)c1cccnc1. The number of carbonyl (C=O) groups excluding carboxylic acids is 2. The second-order valence-corrected chi connectivity index (χ2v) is 6.31. The fraction of sp³-hybridized carbons (Fsp3) is 0.278. The molecule has 1 fully saturated rings. The molecule has 3 heterocycles. The lowest BCUT2D eigenvalue weighted by Crippen LogP contribution is -2.46. The van der Waals surface area contributed by atoms with Gasteiger partial charge in [0.1, 0.15) is 11.0 Å². The highest BCUT2D eigenvalue weighted by Crippen LogP contribution is 2.17. The van der Waals surface area contributed by atoms with Crippen LogP contribution in [-0.2, 0) is 0 Å². The van der Waals surface area contributed by atoms with Gasteiger partial charge in [-0.15, -0.1) is 0 Å². The van der Waals surface area contributed by atoms with Crippen LogP contribution in [0, 0.1) is 0 Å². The number of rotatable bonds is 3. The van der Waals surface area contributed by atoms with Crippen molar-refractivity contribution in [1.82, 2.24) is 30.6 Å². The molecule has 1 aromatic carbocycles. The number of likely N-dealkylation sites (tertiary alicyclic amines) is 1. The van der Waals surface area contributed by atoms with Gasteiger partial charge in [0.2, 0.25) is 0 Å². The lowest BCUT2D eigenvalue weighted by molar-refractivity contribution is 0.0698. The first kappa shape index (κ1) is 16.2. The molecule has 0 radical (unpaired) electrons. The van der Waals surface area contributed by atoms with E-state index < -0.39 is 0 Å². The lowest BCUT2D eigenvalue weighted by atomic mass is 10.0. The van der Waals surface area contributed by atoms with Gasteiger partial charge < -0.3 is 10.2 Å². The molecule has 132 valence electrons. The Labute approximate surface area is 149 Å². The van der Waals surface area contributed by atoms with Gasteiger partial charge in [-0.25, -0.2) is 0 Å². The van der Waals surface area contributed by atoms with E-state index in [1.807, 2.05) is 4.90 Å². The van der Waals surface area contributed by atoms with Crippen molar-refractivity contribution in [3.05, 3.63) is 53.9 Å². The third-order valence-corrected chi connectivity index (χ3v) is 4.60. The van der Waals surface area contributed by atoms with Crippen LogP contribution in [0.5, 0.6) is 0 Å². The number of hydrogen-bond acceptors (Lipinski definition) is 5. The molecule has 1 saturated heterocycles. The number of nitrogens with zero attached hydrogens (tertiary/aromatic N) is 4. The highest BCUT2D eigenvalue weighted by molar-refractivity contribution is 5.97. The largest absolute Gasteiger partial charge is 0.349 e. The molecule has 0 bridgehead atoms. The number of piperidine rings is 1. The third-order valence-electron chi connectivity index (χ3n) is 4.60. The number of amides is 2. The van der Waals surface area contributed by atoms with E-state index in [0.717, 1.165) is 18.4 Å². The predicted molar refractivity (Wildman–Crippen MR) is 94.5 cm³/mol. The summed E-state index contributed by atoms with van der Waals surface area (Å²) in [5.41, 5.74) is 2.56. The van der Waals surface area contributed by atoms with Gasteiger partial charge in [0.25, 0.3) is 11.8 Å².